The maximum atomic E-state index is 3.69. The third-order valence-corrected chi connectivity index (χ3v) is 4.11. The predicted octanol–water partition coefficient (Wildman–Crippen LogP) is 4.26. The lowest BCUT2D eigenvalue weighted by molar-refractivity contribution is 0.502. The van der Waals surface area contributed by atoms with Crippen LogP contribution in [0, 0.1) is 5.92 Å². The highest BCUT2D eigenvalue weighted by Crippen LogP contribution is 2.25. The lowest BCUT2D eigenvalue weighted by Crippen LogP contribution is -2.25. The van der Waals surface area contributed by atoms with Gasteiger partial charge >= 0.3 is 0 Å². The van der Waals surface area contributed by atoms with Crippen molar-refractivity contribution >= 4 is 0 Å². The lowest BCUT2D eigenvalue weighted by atomic mass is 9.87. The van der Waals surface area contributed by atoms with Crippen molar-refractivity contribution in [3.05, 3.63) is 35.4 Å². The van der Waals surface area contributed by atoms with E-state index in [1.807, 2.05) is 0 Å². The van der Waals surface area contributed by atoms with Gasteiger partial charge in [-0.3, -0.25) is 0 Å². The minimum atomic E-state index is 0.257. The van der Waals surface area contributed by atoms with Gasteiger partial charge in [-0.25, -0.2) is 0 Å². The van der Waals surface area contributed by atoms with E-state index in [1.54, 1.807) is 0 Å². The fourth-order valence-electron chi connectivity index (χ4n) is 2.78. The second kappa shape index (κ2) is 5.44. The largest absolute Gasteiger partial charge is 0.310 e. The highest BCUT2D eigenvalue weighted by molar-refractivity contribution is 5.27. The van der Waals surface area contributed by atoms with Crippen LogP contribution in [0.1, 0.15) is 58.1 Å². The van der Waals surface area contributed by atoms with E-state index in [0.29, 0.717) is 0 Å². The molecule has 1 fully saturated rings. The van der Waals surface area contributed by atoms with Gasteiger partial charge in [0.05, 0.1) is 0 Å². The van der Waals surface area contributed by atoms with Gasteiger partial charge in [0.2, 0.25) is 0 Å². The molecule has 2 unspecified atom stereocenters. The van der Waals surface area contributed by atoms with Crippen LogP contribution < -0.4 is 5.32 Å². The van der Waals surface area contributed by atoms with Crippen LogP contribution in [0.25, 0.3) is 0 Å². The standard InChI is InChI=1S/C17H27N/c1-13-5-10-16(11-13)18-12-14-6-8-15(9-7-14)17(2,3)4/h6-9,13,16,18H,5,10-12H2,1-4H3. The molecule has 0 amide bonds. The van der Waals surface area contributed by atoms with Crippen molar-refractivity contribution in [1.29, 1.82) is 0 Å². The molecule has 0 radical (unpaired) electrons. The lowest BCUT2D eigenvalue weighted by Gasteiger charge is -2.19. The number of benzene rings is 1. The van der Waals surface area contributed by atoms with Gasteiger partial charge < -0.3 is 5.32 Å². The molecule has 0 heterocycles. The molecule has 0 bridgehead atoms. The summed E-state index contributed by atoms with van der Waals surface area (Å²) >= 11 is 0. The summed E-state index contributed by atoms with van der Waals surface area (Å²) in [6.07, 6.45) is 4.09. The summed E-state index contributed by atoms with van der Waals surface area (Å²) < 4.78 is 0. The van der Waals surface area contributed by atoms with Gasteiger partial charge in [0.25, 0.3) is 0 Å². The fourth-order valence-corrected chi connectivity index (χ4v) is 2.78. The average Bonchev–Trinajstić information content (AvgIpc) is 2.72. The first-order valence-electron chi connectivity index (χ1n) is 7.28. The van der Waals surface area contributed by atoms with Crippen LogP contribution >= 0.6 is 0 Å². The summed E-state index contributed by atoms with van der Waals surface area (Å²) in [4.78, 5) is 0. The first-order chi connectivity index (χ1) is 8.45. The van der Waals surface area contributed by atoms with Gasteiger partial charge in [-0.05, 0) is 41.7 Å². The molecule has 1 N–H and O–H groups in total. The van der Waals surface area contributed by atoms with E-state index in [2.05, 4.69) is 57.3 Å². The maximum Gasteiger partial charge on any atom is 0.0208 e. The van der Waals surface area contributed by atoms with Crippen molar-refractivity contribution < 1.29 is 0 Å². The molecule has 1 aliphatic rings. The topological polar surface area (TPSA) is 12.0 Å². The SMILES string of the molecule is CC1CCC(NCc2ccc(C(C)(C)C)cc2)C1. The highest BCUT2D eigenvalue weighted by Gasteiger charge is 2.20. The second-order valence-corrected chi connectivity index (χ2v) is 6.94. The Hall–Kier alpha value is -0.820. The summed E-state index contributed by atoms with van der Waals surface area (Å²) in [6.45, 7) is 10.2. The van der Waals surface area contributed by atoms with E-state index in [0.717, 1.165) is 18.5 Å². The van der Waals surface area contributed by atoms with E-state index >= 15 is 0 Å². The molecule has 1 aromatic carbocycles. The minimum absolute atomic E-state index is 0.257. The van der Waals surface area contributed by atoms with Crippen molar-refractivity contribution in [2.24, 2.45) is 5.92 Å². The van der Waals surface area contributed by atoms with Crippen molar-refractivity contribution in [1.82, 2.24) is 5.32 Å². The number of nitrogens with one attached hydrogen (secondary N) is 1. The molecular weight excluding hydrogens is 218 g/mol. The zero-order valence-corrected chi connectivity index (χ0v) is 12.3. The molecule has 0 spiro atoms. The molecule has 0 saturated heterocycles. The monoisotopic (exact) mass is 245 g/mol. The van der Waals surface area contributed by atoms with E-state index in [-0.39, 0.29) is 5.41 Å². The number of hydrogen-bond donors (Lipinski definition) is 1. The molecule has 1 nitrogen and oxygen atoms in total. The average molecular weight is 245 g/mol. The molecule has 1 saturated carbocycles. The Morgan fingerprint density at radius 1 is 1.11 bits per heavy atom. The van der Waals surface area contributed by atoms with Crippen LogP contribution in [0.5, 0.6) is 0 Å². The van der Waals surface area contributed by atoms with Crippen molar-refractivity contribution in [2.75, 3.05) is 0 Å². The van der Waals surface area contributed by atoms with Gasteiger partial charge in [0.1, 0.15) is 0 Å². The van der Waals surface area contributed by atoms with Gasteiger partial charge in [0.15, 0.2) is 0 Å². The van der Waals surface area contributed by atoms with Gasteiger partial charge in [-0.15, -0.1) is 0 Å². The smallest absolute Gasteiger partial charge is 0.0208 e. The Kier molecular flexibility index (Phi) is 4.11. The molecule has 100 valence electrons. The molecule has 0 aromatic heterocycles. The summed E-state index contributed by atoms with van der Waals surface area (Å²) in [5, 5.41) is 3.69. The maximum absolute atomic E-state index is 3.69. The second-order valence-electron chi connectivity index (χ2n) is 6.94. The first-order valence-corrected chi connectivity index (χ1v) is 7.28. The zero-order chi connectivity index (χ0) is 13.2. The summed E-state index contributed by atoms with van der Waals surface area (Å²) in [6, 6.07) is 9.82. The quantitative estimate of drug-likeness (QED) is 0.839. The van der Waals surface area contributed by atoms with Crippen molar-refractivity contribution in [3.63, 3.8) is 0 Å². The molecule has 1 aliphatic carbocycles. The Morgan fingerprint density at radius 2 is 1.78 bits per heavy atom. The Morgan fingerprint density at radius 3 is 2.28 bits per heavy atom. The summed E-state index contributed by atoms with van der Waals surface area (Å²) in [5.41, 5.74) is 3.08. The zero-order valence-electron chi connectivity index (χ0n) is 12.3. The van der Waals surface area contributed by atoms with E-state index in [1.165, 1.54) is 30.4 Å². The van der Waals surface area contributed by atoms with E-state index in [4.69, 9.17) is 0 Å². The molecule has 1 aromatic rings. The summed E-state index contributed by atoms with van der Waals surface area (Å²) in [7, 11) is 0. The van der Waals surface area contributed by atoms with Crippen LogP contribution in [0.4, 0.5) is 0 Å². The van der Waals surface area contributed by atoms with Crippen molar-refractivity contribution in [2.45, 2.75) is 65.0 Å². The van der Waals surface area contributed by atoms with Crippen LogP contribution in [-0.4, -0.2) is 6.04 Å². The third-order valence-electron chi connectivity index (χ3n) is 4.11. The van der Waals surface area contributed by atoms with E-state index in [9.17, 15) is 0 Å². The van der Waals surface area contributed by atoms with Crippen LogP contribution in [0.3, 0.4) is 0 Å². The van der Waals surface area contributed by atoms with E-state index < -0.39 is 0 Å². The normalized spacial score (nSPS) is 24.4. The Balaban J connectivity index is 1.87. The third kappa shape index (κ3) is 3.58. The molecule has 2 rings (SSSR count). The van der Waals surface area contributed by atoms with Gasteiger partial charge in [0, 0.05) is 12.6 Å². The molecule has 18 heavy (non-hydrogen) atoms. The first kappa shape index (κ1) is 13.6. The number of hydrogen-bond acceptors (Lipinski definition) is 1. The van der Waals surface area contributed by atoms with Crippen LogP contribution in [0.15, 0.2) is 24.3 Å². The Bertz CT molecular complexity index is 372. The highest BCUT2D eigenvalue weighted by atomic mass is 14.9. The Labute approximate surface area is 112 Å². The molecule has 1 heteroatoms. The van der Waals surface area contributed by atoms with Crippen LogP contribution in [0.2, 0.25) is 0 Å². The minimum Gasteiger partial charge on any atom is -0.310 e. The predicted molar refractivity (Wildman–Crippen MR) is 78.8 cm³/mol. The van der Waals surface area contributed by atoms with Gasteiger partial charge in [-0.2, -0.15) is 0 Å². The molecular formula is C17H27N. The fraction of sp³-hybridized carbons (Fsp3) is 0.647. The molecule has 0 aliphatic heterocycles. The molecule has 2 atom stereocenters. The van der Waals surface area contributed by atoms with Crippen LogP contribution in [-0.2, 0) is 12.0 Å². The summed E-state index contributed by atoms with van der Waals surface area (Å²) in [5.74, 6) is 0.908. The van der Waals surface area contributed by atoms with Gasteiger partial charge in [-0.1, -0.05) is 52.0 Å². The van der Waals surface area contributed by atoms with Crippen molar-refractivity contribution in [3.8, 4) is 0 Å². The number of rotatable bonds is 3.